The fraction of sp³-hybridized carbons (Fsp3) is 0.222. The molecule has 0 spiro atoms. The molecule has 2 nitrogen and oxygen atoms in total. The lowest BCUT2D eigenvalue weighted by atomic mass is 10.1. The molecule has 0 unspecified atom stereocenters. The predicted octanol–water partition coefficient (Wildman–Crippen LogP) is 2.98. The van der Waals surface area contributed by atoms with Crippen molar-refractivity contribution in [3.8, 4) is 11.8 Å². The zero-order valence-electron chi connectivity index (χ0n) is 11.9. The molecule has 0 amide bonds. The van der Waals surface area contributed by atoms with Crippen molar-refractivity contribution >= 4 is 5.69 Å². The van der Waals surface area contributed by atoms with E-state index in [-0.39, 0.29) is 6.61 Å². The van der Waals surface area contributed by atoms with Crippen LogP contribution in [0.5, 0.6) is 0 Å². The molecule has 0 heterocycles. The van der Waals surface area contributed by atoms with E-state index in [1.54, 1.807) is 0 Å². The van der Waals surface area contributed by atoms with Crippen LogP contribution in [-0.4, -0.2) is 18.8 Å². The molecular formula is C18H19NO. The number of aryl methyl sites for hydroxylation is 1. The normalized spacial score (nSPS) is 9.75. The van der Waals surface area contributed by atoms with Gasteiger partial charge in [0.2, 0.25) is 0 Å². The first-order chi connectivity index (χ1) is 9.69. The largest absolute Gasteiger partial charge is 0.384 e. The number of aliphatic hydroxyl groups is 1. The molecule has 0 atom stereocenters. The van der Waals surface area contributed by atoms with Crippen molar-refractivity contribution in [2.75, 3.05) is 18.6 Å². The SMILES string of the molecule is Cc1cccc(N(C)Cc2ccc(C#CCO)cc2)c1. The van der Waals surface area contributed by atoms with Crippen molar-refractivity contribution in [2.45, 2.75) is 13.5 Å². The Kier molecular flexibility index (Phi) is 4.81. The van der Waals surface area contributed by atoms with Crippen LogP contribution >= 0.6 is 0 Å². The van der Waals surface area contributed by atoms with Crippen molar-refractivity contribution < 1.29 is 5.11 Å². The second-order valence-electron chi connectivity index (χ2n) is 4.85. The minimum atomic E-state index is -0.0994. The number of hydrogen-bond acceptors (Lipinski definition) is 2. The lowest BCUT2D eigenvalue weighted by molar-refractivity contribution is 0.350. The highest BCUT2D eigenvalue weighted by Crippen LogP contribution is 2.17. The average Bonchev–Trinajstić information content (AvgIpc) is 2.46. The molecule has 0 saturated heterocycles. The number of benzene rings is 2. The molecule has 2 aromatic carbocycles. The average molecular weight is 265 g/mol. The quantitative estimate of drug-likeness (QED) is 0.862. The first kappa shape index (κ1) is 14.2. The second kappa shape index (κ2) is 6.79. The highest BCUT2D eigenvalue weighted by atomic mass is 16.2. The summed E-state index contributed by atoms with van der Waals surface area (Å²) in [4.78, 5) is 2.22. The van der Waals surface area contributed by atoms with Gasteiger partial charge in [-0.1, -0.05) is 36.1 Å². The number of hydrogen-bond donors (Lipinski definition) is 1. The van der Waals surface area contributed by atoms with Gasteiger partial charge in [-0.2, -0.15) is 0 Å². The molecule has 0 bridgehead atoms. The monoisotopic (exact) mass is 265 g/mol. The molecule has 20 heavy (non-hydrogen) atoms. The predicted molar refractivity (Wildman–Crippen MR) is 83.7 cm³/mol. The van der Waals surface area contributed by atoms with Crippen LogP contribution in [0.4, 0.5) is 5.69 Å². The Morgan fingerprint density at radius 2 is 1.85 bits per heavy atom. The molecule has 0 fully saturated rings. The van der Waals surface area contributed by atoms with Gasteiger partial charge < -0.3 is 10.0 Å². The van der Waals surface area contributed by atoms with Gasteiger partial charge in [-0.3, -0.25) is 0 Å². The van der Waals surface area contributed by atoms with E-state index in [4.69, 9.17) is 5.11 Å². The second-order valence-corrected chi connectivity index (χ2v) is 4.85. The number of nitrogens with zero attached hydrogens (tertiary/aromatic N) is 1. The van der Waals surface area contributed by atoms with Crippen LogP contribution in [0.3, 0.4) is 0 Å². The molecule has 0 aromatic heterocycles. The van der Waals surface area contributed by atoms with E-state index in [2.05, 4.69) is 67.1 Å². The van der Waals surface area contributed by atoms with Crippen molar-refractivity contribution in [2.24, 2.45) is 0 Å². The van der Waals surface area contributed by atoms with Crippen LogP contribution in [0.1, 0.15) is 16.7 Å². The third-order valence-corrected chi connectivity index (χ3v) is 3.13. The van der Waals surface area contributed by atoms with Gasteiger partial charge in [0.15, 0.2) is 0 Å². The van der Waals surface area contributed by atoms with Gasteiger partial charge in [-0.25, -0.2) is 0 Å². The molecule has 2 rings (SSSR count). The van der Waals surface area contributed by atoms with E-state index in [0.29, 0.717) is 0 Å². The maximum Gasteiger partial charge on any atom is 0.104 e. The van der Waals surface area contributed by atoms with E-state index in [0.717, 1.165) is 12.1 Å². The molecule has 1 N–H and O–H groups in total. The number of aliphatic hydroxyl groups excluding tert-OH is 1. The fourth-order valence-corrected chi connectivity index (χ4v) is 2.07. The van der Waals surface area contributed by atoms with E-state index in [1.807, 2.05) is 12.1 Å². The zero-order chi connectivity index (χ0) is 14.4. The van der Waals surface area contributed by atoms with Gasteiger partial charge in [0.05, 0.1) is 0 Å². The summed E-state index contributed by atoms with van der Waals surface area (Å²) >= 11 is 0. The standard InChI is InChI=1S/C18H19NO/c1-15-5-3-7-18(13-15)19(2)14-17-10-8-16(9-11-17)6-4-12-20/h3,5,7-11,13,20H,12,14H2,1-2H3. The Morgan fingerprint density at radius 1 is 1.10 bits per heavy atom. The van der Waals surface area contributed by atoms with Gasteiger partial charge in [-0.05, 0) is 42.3 Å². The lowest BCUT2D eigenvalue weighted by Crippen LogP contribution is -2.16. The first-order valence-corrected chi connectivity index (χ1v) is 6.65. The Labute approximate surface area is 120 Å². The van der Waals surface area contributed by atoms with E-state index in [1.165, 1.54) is 16.8 Å². The maximum absolute atomic E-state index is 8.67. The van der Waals surface area contributed by atoms with Gasteiger partial charge in [0.1, 0.15) is 6.61 Å². The third kappa shape index (κ3) is 3.88. The van der Waals surface area contributed by atoms with E-state index in [9.17, 15) is 0 Å². The molecule has 102 valence electrons. The Balaban J connectivity index is 2.06. The van der Waals surface area contributed by atoms with Gasteiger partial charge >= 0.3 is 0 Å². The summed E-state index contributed by atoms with van der Waals surface area (Å²) in [7, 11) is 2.09. The van der Waals surface area contributed by atoms with Crippen molar-refractivity contribution in [1.29, 1.82) is 0 Å². The number of anilines is 1. The van der Waals surface area contributed by atoms with Gasteiger partial charge in [-0.15, -0.1) is 0 Å². The molecule has 0 saturated carbocycles. The Bertz CT molecular complexity index is 620. The molecule has 0 radical (unpaired) electrons. The maximum atomic E-state index is 8.67. The lowest BCUT2D eigenvalue weighted by Gasteiger charge is -2.20. The minimum Gasteiger partial charge on any atom is -0.384 e. The van der Waals surface area contributed by atoms with Gasteiger partial charge in [0.25, 0.3) is 0 Å². The summed E-state index contributed by atoms with van der Waals surface area (Å²) in [5.41, 5.74) is 4.66. The molecule has 2 heteroatoms. The minimum absolute atomic E-state index is 0.0994. The summed E-state index contributed by atoms with van der Waals surface area (Å²) in [6.07, 6.45) is 0. The summed E-state index contributed by atoms with van der Waals surface area (Å²) in [6, 6.07) is 16.6. The highest BCUT2D eigenvalue weighted by molar-refractivity contribution is 5.48. The van der Waals surface area contributed by atoms with Crippen LogP contribution in [0.2, 0.25) is 0 Å². The number of rotatable bonds is 3. The highest BCUT2D eigenvalue weighted by Gasteiger charge is 2.02. The van der Waals surface area contributed by atoms with Crippen LogP contribution in [-0.2, 0) is 6.54 Å². The first-order valence-electron chi connectivity index (χ1n) is 6.65. The van der Waals surface area contributed by atoms with Crippen molar-refractivity contribution in [1.82, 2.24) is 0 Å². The summed E-state index contributed by atoms with van der Waals surface area (Å²) < 4.78 is 0. The molecule has 0 aliphatic heterocycles. The van der Waals surface area contributed by atoms with Crippen LogP contribution in [0.25, 0.3) is 0 Å². The van der Waals surface area contributed by atoms with Crippen molar-refractivity contribution in [3.63, 3.8) is 0 Å². The third-order valence-electron chi connectivity index (χ3n) is 3.13. The Morgan fingerprint density at radius 3 is 2.50 bits per heavy atom. The van der Waals surface area contributed by atoms with Crippen LogP contribution < -0.4 is 4.90 Å². The molecule has 0 aliphatic carbocycles. The van der Waals surface area contributed by atoms with E-state index >= 15 is 0 Å². The summed E-state index contributed by atoms with van der Waals surface area (Å²) in [5.74, 6) is 5.55. The molecule has 0 aliphatic rings. The van der Waals surface area contributed by atoms with Crippen molar-refractivity contribution in [3.05, 3.63) is 65.2 Å². The zero-order valence-corrected chi connectivity index (χ0v) is 11.9. The topological polar surface area (TPSA) is 23.5 Å². The summed E-state index contributed by atoms with van der Waals surface area (Å²) in [5, 5.41) is 8.67. The van der Waals surface area contributed by atoms with E-state index < -0.39 is 0 Å². The van der Waals surface area contributed by atoms with Gasteiger partial charge in [0, 0.05) is 24.8 Å². The molecule has 2 aromatic rings. The Hall–Kier alpha value is -2.24. The summed E-state index contributed by atoms with van der Waals surface area (Å²) in [6.45, 7) is 2.86. The fourth-order valence-electron chi connectivity index (χ4n) is 2.07. The molecular weight excluding hydrogens is 246 g/mol. The smallest absolute Gasteiger partial charge is 0.104 e. The van der Waals surface area contributed by atoms with Crippen LogP contribution in [0, 0.1) is 18.8 Å². The van der Waals surface area contributed by atoms with Crippen LogP contribution in [0.15, 0.2) is 48.5 Å².